The van der Waals surface area contributed by atoms with E-state index in [1.165, 1.54) is 18.2 Å². The number of nitriles is 1. The Labute approximate surface area is 88.2 Å². The average Bonchev–Trinajstić information content (AvgIpc) is 2.27. The zero-order chi connectivity index (χ0) is 11.3. The summed E-state index contributed by atoms with van der Waals surface area (Å²) in [5.41, 5.74) is 0.874. The molecule has 0 aliphatic rings. The van der Waals surface area contributed by atoms with Crippen LogP contribution in [0.3, 0.4) is 0 Å². The number of hydrogen-bond acceptors (Lipinski definition) is 3. The fourth-order valence-electron chi connectivity index (χ4n) is 1.13. The van der Waals surface area contributed by atoms with E-state index in [0.717, 1.165) is 0 Å². The second-order valence-electron chi connectivity index (χ2n) is 3.38. The predicted octanol–water partition coefficient (Wildman–Crippen LogP) is 1.17. The third-order valence-electron chi connectivity index (χ3n) is 2.09. The van der Waals surface area contributed by atoms with Crippen molar-refractivity contribution in [1.29, 1.82) is 5.26 Å². The minimum atomic E-state index is -0.341. The maximum absolute atomic E-state index is 13.2. The van der Waals surface area contributed by atoms with Gasteiger partial charge in [-0.05, 0) is 25.1 Å². The highest BCUT2D eigenvalue weighted by atomic mass is 19.1. The zero-order valence-electron chi connectivity index (χ0n) is 8.50. The summed E-state index contributed by atoms with van der Waals surface area (Å²) < 4.78 is 13.2. The van der Waals surface area contributed by atoms with Crippen molar-refractivity contribution in [2.75, 3.05) is 6.61 Å². The van der Waals surface area contributed by atoms with E-state index in [9.17, 15) is 4.39 Å². The van der Waals surface area contributed by atoms with Gasteiger partial charge in [-0.25, -0.2) is 4.39 Å². The summed E-state index contributed by atoms with van der Waals surface area (Å²) >= 11 is 0. The third kappa shape index (κ3) is 3.31. The Hall–Kier alpha value is -1.44. The number of nitrogens with one attached hydrogen (secondary N) is 1. The molecule has 0 aliphatic heterocycles. The van der Waals surface area contributed by atoms with E-state index < -0.39 is 0 Å². The van der Waals surface area contributed by atoms with Gasteiger partial charge in [-0.15, -0.1) is 0 Å². The number of halogens is 1. The molecular formula is C11H13FN2O. The molecule has 2 N–H and O–H groups in total. The summed E-state index contributed by atoms with van der Waals surface area (Å²) in [5, 5.41) is 20.4. The third-order valence-corrected chi connectivity index (χ3v) is 2.09. The SMILES string of the molecule is CC(CO)NCc1cc(C#N)ccc1F. The van der Waals surface area contributed by atoms with Crippen LogP contribution in [0.2, 0.25) is 0 Å². The zero-order valence-corrected chi connectivity index (χ0v) is 8.50. The molecule has 80 valence electrons. The number of aliphatic hydroxyl groups is 1. The van der Waals surface area contributed by atoms with Gasteiger partial charge in [0.2, 0.25) is 0 Å². The minimum Gasteiger partial charge on any atom is -0.395 e. The van der Waals surface area contributed by atoms with Gasteiger partial charge >= 0.3 is 0 Å². The van der Waals surface area contributed by atoms with Crippen LogP contribution >= 0.6 is 0 Å². The highest BCUT2D eigenvalue weighted by Gasteiger charge is 2.05. The van der Waals surface area contributed by atoms with Crippen molar-refractivity contribution in [3.63, 3.8) is 0 Å². The summed E-state index contributed by atoms with van der Waals surface area (Å²) in [5.74, 6) is -0.341. The first-order valence-electron chi connectivity index (χ1n) is 4.70. The van der Waals surface area contributed by atoms with Crippen molar-refractivity contribution in [1.82, 2.24) is 5.32 Å². The Balaban J connectivity index is 2.72. The molecule has 0 fully saturated rings. The molecule has 0 saturated heterocycles. The van der Waals surface area contributed by atoms with Crippen molar-refractivity contribution in [2.45, 2.75) is 19.5 Å². The first kappa shape index (κ1) is 11.6. The molecule has 0 spiro atoms. The molecule has 0 aromatic heterocycles. The van der Waals surface area contributed by atoms with Crippen molar-refractivity contribution in [3.05, 3.63) is 35.1 Å². The van der Waals surface area contributed by atoms with Gasteiger partial charge in [-0.2, -0.15) is 5.26 Å². The lowest BCUT2D eigenvalue weighted by Crippen LogP contribution is -2.29. The Morgan fingerprint density at radius 2 is 2.33 bits per heavy atom. The van der Waals surface area contributed by atoms with Crippen LogP contribution in [0.5, 0.6) is 0 Å². The maximum atomic E-state index is 13.2. The van der Waals surface area contributed by atoms with Gasteiger partial charge in [-0.1, -0.05) is 0 Å². The summed E-state index contributed by atoms with van der Waals surface area (Å²) in [6, 6.07) is 6.09. The predicted molar refractivity (Wildman–Crippen MR) is 54.5 cm³/mol. The van der Waals surface area contributed by atoms with Crippen LogP contribution in [-0.4, -0.2) is 17.8 Å². The Bertz CT molecular complexity index is 373. The lowest BCUT2D eigenvalue weighted by atomic mass is 10.1. The van der Waals surface area contributed by atoms with Crippen LogP contribution in [-0.2, 0) is 6.54 Å². The van der Waals surface area contributed by atoms with Crippen LogP contribution < -0.4 is 5.32 Å². The van der Waals surface area contributed by atoms with Gasteiger partial charge in [0.25, 0.3) is 0 Å². The Kier molecular flexibility index (Phi) is 4.22. The molecule has 1 aromatic rings. The van der Waals surface area contributed by atoms with E-state index in [0.29, 0.717) is 17.7 Å². The van der Waals surface area contributed by atoms with Crippen LogP contribution in [0.4, 0.5) is 4.39 Å². The van der Waals surface area contributed by atoms with Gasteiger partial charge < -0.3 is 10.4 Å². The largest absolute Gasteiger partial charge is 0.395 e. The van der Waals surface area contributed by atoms with Crippen LogP contribution in [0.1, 0.15) is 18.1 Å². The molecule has 3 nitrogen and oxygen atoms in total. The molecule has 0 saturated carbocycles. The number of benzene rings is 1. The van der Waals surface area contributed by atoms with Crippen LogP contribution in [0.15, 0.2) is 18.2 Å². The number of rotatable bonds is 4. The molecule has 0 bridgehead atoms. The first-order chi connectivity index (χ1) is 7.17. The summed E-state index contributed by atoms with van der Waals surface area (Å²) in [7, 11) is 0. The summed E-state index contributed by atoms with van der Waals surface area (Å²) in [4.78, 5) is 0. The monoisotopic (exact) mass is 208 g/mol. The highest BCUT2D eigenvalue weighted by Crippen LogP contribution is 2.09. The molecule has 1 unspecified atom stereocenters. The molecule has 4 heteroatoms. The average molecular weight is 208 g/mol. The Morgan fingerprint density at radius 3 is 2.93 bits per heavy atom. The molecule has 0 heterocycles. The molecular weight excluding hydrogens is 195 g/mol. The molecule has 1 aromatic carbocycles. The quantitative estimate of drug-likeness (QED) is 0.780. The molecule has 0 radical (unpaired) electrons. The molecule has 1 rings (SSSR count). The van der Waals surface area contributed by atoms with E-state index in [-0.39, 0.29) is 18.5 Å². The lowest BCUT2D eigenvalue weighted by molar-refractivity contribution is 0.250. The van der Waals surface area contributed by atoms with Crippen LogP contribution in [0, 0.1) is 17.1 Å². The number of nitrogens with zero attached hydrogens (tertiary/aromatic N) is 1. The highest BCUT2D eigenvalue weighted by molar-refractivity contribution is 5.33. The Morgan fingerprint density at radius 1 is 1.60 bits per heavy atom. The van der Waals surface area contributed by atoms with Gasteiger partial charge in [0.05, 0.1) is 18.2 Å². The standard InChI is InChI=1S/C11H13FN2O/c1-8(7-15)14-6-10-4-9(5-13)2-3-11(10)12/h2-4,8,14-15H,6-7H2,1H3. The molecule has 0 aliphatic carbocycles. The van der Waals surface area contributed by atoms with E-state index in [4.69, 9.17) is 10.4 Å². The normalized spacial score (nSPS) is 12.1. The van der Waals surface area contributed by atoms with Crippen molar-refractivity contribution in [3.8, 4) is 6.07 Å². The van der Waals surface area contributed by atoms with Gasteiger partial charge in [0.1, 0.15) is 5.82 Å². The topological polar surface area (TPSA) is 56.0 Å². The van der Waals surface area contributed by atoms with Crippen LogP contribution in [0.25, 0.3) is 0 Å². The van der Waals surface area contributed by atoms with Crippen molar-refractivity contribution >= 4 is 0 Å². The fourth-order valence-corrected chi connectivity index (χ4v) is 1.13. The van der Waals surface area contributed by atoms with Gasteiger partial charge in [0.15, 0.2) is 0 Å². The van der Waals surface area contributed by atoms with Gasteiger partial charge in [-0.3, -0.25) is 0 Å². The lowest BCUT2D eigenvalue weighted by Gasteiger charge is -2.11. The number of aliphatic hydroxyl groups excluding tert-OH is 1. The molecule has 15 heavy (non-hydrogen) atoms. The van der Waals surface area contributed by atoms with E-state index in [1.807, 2.05) is 6.07 Å². The number of hydrogen-bond donors (Lipinski definition) is 2. The van der Waals surface area contributed by atoms with Crippen molar-refractivity contribution in [2.24, 2.45) is 0 Å². The second-order valence-corrected chi connectivity index (χ2v) is 3.38. The summed E-state index contributed by atoms with van der Waals surface area (Å²) in [6.45, 7) is 2.11. The smallest absolute Gasteiger partial charge is 0.127 e. The van der Waals surface area contributed by atoms with Crippen molar-refractivity contribution < 1.29 is 9.50 Å². The van der Waals surface area contributed by atoms with E-state index >= 15 is 0 Å². The maximum Gasteiger partial charge on any atom is 0.127 e. The minimum absolute atomic E-state index is 0.000437. The molecule has 0 amide bonds. The fraction of sp³-hybridized carbons (Fsp3) is 0.364. The first-order valence-corrected chi connectivity index (χ1v) is 4.70. The van der Waals surface area contributed by atoms with E-state index in [1.54, 1.807) is 6.92 Å². The summed E-state index contributed by atoms with van der Waals surface area (Å²) in [6.07, 6.45) is 0. The van der Waals surface area contributed by atoms with Gasteiger partial charge in [0, 0.05) is 18.2 Å². The van der Waals surface area contributed by atoms with E-state index in [2.05, 4.69) is 5.32 Å². The molecule has 1 atom stereocenters. The second kappa shape index (κ2) is 5.44.